The number of carbonyl (C=O) groups is 1. The van der Waals surface area contributed by atoms with Gasteiger partial charge in [-0.25, -0.2) is 0 Å². The molecule has 24 heavy (non-hydrogen) atoms. The summed E-state index contributed by atoms with van der Waals surface area (Å²) in [5, 5.41) is 2.88. The molecule has 1 N–H and O–H groups in total. The van der Waals surface area contributed by atoms with Crippen molar-refractivity contribution in [2.75, 3.05) is 26.6 Å². The Morgan fingerprint density at radius 3 is 2.25 bits per heavy atom. The van der Waals surface area contributed by atoms with Crippen LogP contribution in [0.25, 0.3) is 11.6 Å². The molecule has 0 aromatic heterocycles. The van der Waals surface area contributed by atoms with Crippen LogP contribution in [0.2, 0.25) is 0 Å². The van der Waals surface area contributed by atoms with E-state index >= 15 is 0 Å². The zero-order valence-corrected chi connectivity index (χ0v) is 15.6. The van der Waals surface area contributed by atoms with Crippen molar-refractivity contribution < 1.29 is 19.0 Å². The summed E-state index contributed by atoms with van der Waals surface area (Å²) in [6, 6.07) is 9.35. The Hall–Kier alpha value is -2.22. The molecule has 0 spiro atoms. The molecule has 2 aromatic carbocycles. The van der Waals surface area contributed by atoms with Crippen molar-refractivity contribution in [3.8, 4) is 17.2 Å². The normalized spacial score (nSPS) is 14.3. The number of methoxy groups -OCH3 is 3. The largest absolute Gasteiger partial charge is 0.496 e. The molecule has 0 radical (unpaired) electrons. The minimum atomic E-state index is -0.146. The highest BCUT2D eigenvalue weighted by molar-refractivity contribution is 14.1. The van der Waals surface area contributed by atoms with Gasteiger partial charge in [-0.3, -0.25) is 4.79 Å². The molecule has 0 atom stereocenters. The lowest BCUT2D eigenvalue weighted by Crippen LogP contribution is -2.04. The van der Waals surface area contributed by atoms with Crippen LogP contribution in [0.15, 0.2) is 30.3 Å². The van der Waals surface area contributed by atoms with Gasteiger partial charge in [0, 0.05) is 32.5 Å². The van der Waals surface area contributed by atoms with E-state index in [-0.39, 0.29) is 5.91 Å². The predicted octanol–water partition coefficient (Wildman–Crippen LogP) is 3.81. The fraction of sp³-hybridized carbons (Fsp3) is 0.167. The van der Waals surface area contributed by atoms with Gasteiger partial charge in [-0.2, -0.15) is 0 Å². The van der Waals surface area contributed by atoms with Crippen molar-refractivity contribution in [3.63, 3.8) is 0 Å². The average molecular weight is 437 g/mol. The fourth-order valence-corrected chi connectivity index (χ4v) is 3.11. The summed E-state index contributed by atoms with van der Waals surface area (Å²) in [7, 11) is 4.72. The molecule has 2 aromatic rings. The van der Waals surface area contributed by atoms with Crippen molar-refractivity contribution in [2.45, 2.75) is 0 Å². The quantitative estimate of drug-likeness (QED) is 0.584. The molecule has 0 saturated carbocycles. The Morgan fingerprint density at radius 2 is 1.67 bits per heavy atom. The van der Waals surface area contributed by atoms with Gasteiger partial charge in [-0.1, -0.05) is 0 Å². The van der Waals surface area contributed by atoms with E-state index in [1.807, 2.05) is 18.2 Å². The molecule has 5 nitrogen and oxygen atoms in total. The molecule has 1 aliphatic rings. The third-order valence-corrected chi connectivity index (χ3v) is 4.48. The van der Waals surface area contributed by atoms with Crippen molar-refractivity contribution in [3.05, 3.63) is 45.0 Å². The number of rotatable bonds is 4. The maximum Gasteiger partial charge on any atom is 0.256 e. The van der Waals surface area contributed by atoms with Gasteiger partial charge >= 0.3 is 0 Å². The first-order chi connectivity index (χ1) is 11.6. The van der Waals surface area contributed by atoms with Crippen LogP contribution in [0.1, 0.15) is 11.1 Å². The third kappa shape index (κ3) is 2.93. The van der Waals surface area contributed by atoms with Crippen LogP contribution in [-0.4, -0.2) is 27.2 Å². The fourth-order valence-electron chi connectivity index (χ4n) is 2.62. The second-order valence-corrected chi connectivity index (χ2v) is 6.39. The first kappa shape index (κ1) is 16.6. The maximum atomic E-state index is 12.4. The first-order valence-electron chi connectivity index (χ1n) is 7.20. The van der Waals surface area contributed by atoms with E-state index in [2.05, 4.69) is 27.9 Å². The minimum absolute atomic E-state index is 0.146. The van der Waals surface area contributed by atoms with E-state index < -0.39 is 0 Å². The highest BCUT2D eigenvalue weighted by Crippen LogP contribution is 2.40. The zero-order chi connectivity index (χ0) is 17.3. The van der Waals surface area contributed by atoms with Crippen LogP contribution in [0.4, 0.5) is 5.69 Å². The second-order valence-electron chi connectivity index (χ2n) is 5.15. The number of ether oxygens (including phenoxy) is 3. The average Bonchev–Trinajstić information content (AvgIpc) is 2.90. The summed E-state index contributed by atoms with van der Waals surface area (Å²) >= 11 is 2.23. The molecule has 3 rings (SSSR count). The summed E-state index contributed by atoms with van der Waals surface area (Å²) in [4.78, 5) is 12.4. The molecule has 0 aliphatic carbocycles. The number of nitrogens with one attached hydrogen (secondary N) is 1. The van der Waals surface area contributed by atoms with E-state index in [1.165, 1.54) is 0 Å². The molecule has 1 amide bonds. The number of carbonyl (C=O) groups excluding carboxylic acids is 1. The molecular weight excluding hydrogens is 421 g/mol. The second kappa shape index (κ2) is 6.72. The van der Waals surface area contributed by atoms with E-state index in [0.717, 1.165) is 14.8 Å². The number of hydrogen-bond donors (Lipinski definition) is 1. The van der Waals surface area contributed by atoms with E-state index in [0.29, 0.717) is 28.4 Å². The number of hydrogen-bond acceptors (Lipinski definition) is 4. The van der Waals surface area contributed by atoms with Crippen molar-refractivity contribution in [1.82, 2.24) is 0 Å². The molecule has 0 unspecified atom stereocenters. The molecule has 1 aliphatic heterocycles. The number of anilines is 1. The van der Waals surface area contributed by atoms with Gasteiger partial charge in [0.05, 0.1) is 26.9 Å². The summed E-state index contributed by atoms with van der Waals surface area (Å²) < 4.78 is 17.2. The Morgan fingerprint density at radius 1 is 1.00 bits per heavy atom. The number of amides is 1. The Balaban J connectivity index is 2.19. The molecule has 124 valence electrons. The highest BCUT2D eigenvalue weighted by atomic mass is 127. The summed E-state index contributed by atoms with van der Waals surface area (Å²) in [5.74, 6) is 1.62. The van der Waals surface area contributed by atoms with Crippen LogP contribution < -0.4 is 19.5 Å². The molecule has 6 heteroatoms. The first-order valence-corrected chi connectivity index (χ1v) is 8.28. The lowest BCUT2D eigenvalue weighted by molar-refractivity contribution is -0.110. The Bertz CT molecular complexity index is 820. The van der Waals surface area contributed by atoms with Gasteiger partial charge in [0.15, 0.2) is 0 Å². The van der Waals surface area contributed by atoms with Gasteiger partial charge in [0.1, 0.15) is 17.2 Å². The van der Waals surface area contributed by atoms with E-state index in [4.69, 9.17) is 14.2 Å². The molecular formula is C18H16INO4. The van der Waals surface area contributed by atoms with Gasteiger partial charge in [0.2, 0.25) is 0 Å². The van der Waals surface area contributed by atoms with Crippen molar-refractivity contribution in [1.29, 1.82) is 0 Å². The Labute approximate surface area is 153 Å². The summed E-state index contributed by atoms with van der Waals surface area (Å²) in [5.41, 5.74) is 2.94. The van der Waals surface area contributed by atoms with Gasteiger partial charge in [-0.15, -0.1) is 0 Å². The van der Waals surface area contributed by atoms with Crippen LogP contribution >= 0.6 is 22.6 Å². The number of benzene rings is 2. The minimum Gasteiger partial charge on any atom is -0.496 e. The molecule has 0 saturated heterocycles. The number of halogens is 1. The maximum absolute atomic E-state index is 12.4. The van der Waals surface area contributed by atoms with Gasteiger partial charge in [-0.05, 0) is 46.9 Å². The Kier molecular flexibility index (Phi) is 4.66. The number of fused-ring (bicyclic) bond motifs is 1. The van der Waals surface area contributed by atoms with Gasteiger partial charge in [0.25, 0.3) is 5.91 Å². The van der Waals surface area contributed by atoms with E-state index in [9.17, 15) is 4.79 Å². The third-order valence-electron chi connectivity index (χ3n) is 3.81. The smallest absolute Gasteiger partial charge is 0.256 e. The zero-order valence-electron chi connectivity index (χ0n) is 13.5. The van der Waals surface area contributed by atoms with Crippen molar-refractivity contribution in [2.24, 2.45) is 0 Å². The predicted molar refractivity (Wildman–Crippen MR) is 102 cm³/mol. The van der Waals surface area contributed by atoms with Crippen molar-refractivity contribution >= 4 is 45.8 Å². The summed E-state index contributed by atoms with van der Waals surface area (Å²) in [6.07, 6.45) is 1.79. The lowest BCUT2D eigenvalue weighted by atomic mass is 10.0. The topological polar surface area (TPSA) is 56.8 Å². The van der Waals surface area contributed by atoms with Crippen LogP contribution in [-0.2, 0) is 4.79 Å². The summed E-state index contributed by atoms with van der Waals surface area (Å²) in [6.45, 7) is 0. The van der Waals surface area contributed by atoms with Gasteiger partial charge < -0.3 is 19.5 Å². The monoisotopic (exact) mass is 437 g/mol. The molecule has 1 heterocycles. The lowest BCUT2D eigenvalue weighted by Gasteiger charge is -2.13. The van der Waals surface area contributed by atoms with Crippen LogP contribution in [0, 0.1) is 3.57 Å². The molecule has 0 bridgehead atoms. The highest BCUT2D eigenvalue weighted by Gasteiger charge is 2.25. The molecule has 0 fully saturated rings. The van der Waals surface area contributed by atoms with Crippen LogP contribution in [0.5, 0.6) is 17.2 Å². The van der Waals surface area contributed by atoms with Crippen LogP contribution in [0.3, 0.4) is 0 Å². The van der Waals surface area contributed by atoms with E-state index in [1.54, 1.807) is 39.5 Å². The standard InChI is InChI=1S/C18H16INO4/c1-22-11-7-16(23-2)14(17(8-11)24-3)9-13-12-6-10(19)4-5-15(12)20-18(13)21/h4-9H,1-3H3,(H,20,21). The SMILES string of the molecule is COc1cc(OC)c(C=C2C(=O)Nc3ccc(I)cc32)c(OC)c1.